The van der Waals surface area contributed by atoms with Gasteiger partial charge in [-0.05, 0) is 38.1 Å². The maximum Gasteiger partial charge on any atom is 0.0406 e. The molecule has 2 N–H and O–H groups in total. The molecule has 0 aliphatic carbocycles. The van der Waals surface area contributed by atoms with Crippen molar-refractivity contribution in [2.24, 2.45) is 5.73 Å². The van der Waals surface area contributed by atoms with Gasteiger partial charge in [0.2, 0.25) is 0 Å². The molecule has 1 saturated heterocycles. The van der Waals surface area contributed by atoms with Gasteiger partial charge in [0.25, 0.3) is 0 Å². The summed E-state index contributed by atoms with van der Waals surface area (Å²) in [5.41, 5.74) is 7.41. The van der Waals surface area contributed by atoms with Gasteiger partial charge in [-0.15, -0.1) is 0 Å². The first-order chi connectivity index (χ1) is 9.03. The number of benzene rings is 1. The number of hydrogen-bond donors (Lipinski definition) is 1. The summed E-state index contributed by atoms with van der Waals surface area (Å²) in [7, 11) is 2.18. The number of nitrogens with two attached hydrogens (primary N) is 1. The Kier molecular flexibility index (Phi) is 4.85. The van der Waals surface area contributed by atoms with Crippen LogP contribution in [0.3, 0.4) is 0 Å². The summed E-state index contributed by atoms with van der Waals surface area (Å²) in [6.45, 7) is 7.38. The van der Waals surface area contributed by atoms with Crippen LogP contribution in [0.15, 0.2) is 24.3 Å². The molecule has 4 heteroatoms. The van der Waals surface area contributed by atoms with Crippen molar-refractivity contribution in [3.63, 3.8) is 0 Å². The van der Waals surface area contributed by atoms with Crippen molar-refractivity contribution in [1.82, 2.24) is 9.80 Å². The molecule has 1 fully saturated rings. The zero-order valence-corrected chi connectivity index (χ0v) is 12.7. The third-order valence-electron chi connectivity index (χ3n) is 4.20. The lowest BCUT2D eigenvalue weighted by Crippen LogP contribution is -2.59. The Hall–Kier alpha value is -0.610. The SMILES string of the molecule is CN1CCN(C(C)(CN)Cc2ccc(Cl)cc2)CC1. The van der Waals surface area contributed by atoms with Crippen LogP contribution in [0.2, 0.25) is 5.02 Å². The van der Waals surface area contributed by atoms with Gasteiger partial charge >= 0.3 is 0 Å². The van der Waals surface area contributed by atoms with Crippen LogP contribution in [-0.2, 0) is 6.42 Å². The van der Waals surface area contributed by atoms with Gasteiger partial charge in [-0.3, -0.25) is 4.90 Å². The first-order valence-corrected chi connectivity index (χ1v) is 7.29. The molecule has 1 aromatic carbocycles. The minimum absolute atomic E-state index is 0.0368. The Balaban J connectivity index is 2.06. The van der Waals surface area contributed by atoms with Crippen molar-refractivity contribution < 1.29 is 0 Å². The fraction of sp³-hybridized carbons (Fsp3) is 0.600. The number of rotatable bonds is 4. The van der Waals surface area contributed by atoms with E-state index in [2.05, 4.69) is 35.9 Å². The number of piperazine rings is 1. The molecular weight excluding hydrogens is 258 g/mol. The highest BCUT2D eigenvalue weighted by Gasteiger charge is 2.32. The topological polar surface area (TPSA) is 32.5 Å². The van der Waals surface area contributed by atoms with Gasteiger partial charge in [-0.25, -0.2) is 0 Å². The van der Waals surface area contributed by atoms with Gasteiger partial charge in [0.15, 0.2) is 0 Å². The molecule has 19 heavy (non-hydrogen) atoms. The summed E-state index contributed by atoms with van der Waals surface area (Å²) in [4.78, 5) is 4.90. The summed E-state index contributed by atoms with van der Waals surface area (Å²) in [5.74, 6) is 0. The van der Waals surface area contributed by atoms with E-state index in [0.717, 1.165) is 37.6 Å². The number of likely N-dealkylation sites (N-methyl/N-ethyl adjacent to an activating group) is 1. The monoisotopic (exact) mass is 281 g/mol. The second kappa shape index (κ2) is 6.23. The molecule has 0 bridgehead atoms. The summed E-state index contributed by atoms with van der Waals surface area (Å²) >= 11 is 5.94. The molecule has 1 aliphatic rings. The lowest BCUT2D eigenvalue weighted by atomic mass is 9.90. The summed E-state index contributed by atoms with van der Waals surface area (Å²) in [6, 6.07) is 8.12. The Morgan fingerprint density at radius 1 is 1.16 bits per heavy atom. The highest BCUT2D eigenvalue weighted by molar-refractivity contribution is 6.30. The summed E-state index contributed by atoms with van der Waals surface area (Å²) < 4.78 is 0. The molecule has 0 aromatic heterocycles. The lowest BCUT2D eigenvalue weighted by Gasteiger charge is -2.45. The first kappa shape index (κ1) is 14.8. The molecule has 0 saturated carbocycles. The van der Waals surface area contributed by atoms with Gasteiger partial charge in [0, 0.05) is 43.3 Å². The van der Waals surface area contributed by atoms with Crippen LogP contribution in [0.1, 0.15) is 12.5 Å². The van der Waals surface area contributed by atoms with Crippen LogP contribution in [0.4, 0.5) is 0 Å². The van der Waals surface area contributed by atoms with Crippen LogP contribution in [0.5, 0.6) is 0 Å². The molecule has 2 rings (SSSR count). The Bertz CT molecular complexity index is 398. The van der Waals surface area contributed by atoms with Gasteiger partial charge in [-0.1, -0.05) is 23.7 Å². The fourth-order valence-electron chi connectivity index (χ4n) is 2.70. The van der Waals surface area contributed by atoms with Crippen molar-refractivity contribution in [2.45, 2.75) is 18.9 Å². The third-order valence-corrected chi connectivity index (χ3v) is 4.46. The second-order valence-electron chi connectivity index (χ2n) is 5.79. The number of nitrogens with zero attached hydrogens (tertiary/aromatic N) is 2. The molecule has 106 valence electrons. The number of hydrogen-bond acceptors (Lipinski definition) is 3. The van der Waals surface area contributed by atoms with Gasteiger partial charge in [0.1, 0.15) is 0 Å². The van der Waals surface area contributed by atoms with E-state index in [0.29, 0.717) is 6.54 Å². The highest BCUT2D eigenvalue weighted by Crippen LogP contribution is 2.22. The van der Waals surface area contributed by atoms with E-state index in [1.807, 2.05) is 12.1 Å². The van der Waals surface area contributed by atoms with Gasteiger partial charge in [0.05, 0.1) is 0 Å². The van der Waals surface area contributed by atoms with E-state index in [9.17, 15) is 0 Å². The molecule has 0 radical (unpaired) electrons. The Labute approximate surface area is 121 Å². The molecular formula is C15H24ClN3. The van der Waals surface area contributed by atoms with Crippen molar-refractivity contribution >= 4 is 11.6 Å². The van der Waals surface area contributed by atoms with Crippen molar-refractivity contribution in [2.75, 3.05) is 39.8 Å². The molecule has 1 aliphatic heterocycles. The fourth-order valence-corrected chi connectivity index (χ4v) is 2.83. The Morgan fingerprint density at radius 3 is 2.26 bits per heavy atom. The van der Waals surface area contributed by atoms with Crippen LogP contribution >= 0.6 is 11.6 Å². The summed E-state index contributed by atoms with van der Waals surface area (Å²) in [5, 5.41) is 0.790. The van der Waals surface area contributed by atoms with E-state index in [-0.39, 0.29) is 5.54 Å². The molecule has 0 spiro atoms. The van der Waals surface area contributed by atoms with E-state index < -0.39 is 0 Å². The van der Waals surface area contributed by atoms with Crippen molar-refractivity contribution in [1.29, 1.82) is 0 Å². The molecule has 1 unspecified atom stereocenters. The van der Waals surface area contributed by atoms with Gasteiger partial charge < -0.3 is 10.6 Å². The van der Waals surface area contributed by atoms with E-state index in [4.69, 9.17) is 17.3 Å². The van der Waals surface area contributed by atoms with Crippen LogP contribution in [0, 0.1) is 0 Å². The largest absolute Gasteiger partial charge is 0.329 e. The Morgan fingerprint density at radius 2 is 1.74 bits per heavy atom. The van der Waals surface area contributed by atoms with Crippen molar-refractivity contribution in [3.05, 3.63) is 34.9 Å². The predicted molar refractivity (Wildman–Crippen MR) is 81.7 cm³/mol. The average Bonchev–Trinajstić information content (AvgIpc) is 2.42. The minimum atomic E-state index is 0.0368. The maximum atomic E-state index is 6.07. The predicted octanol–water partition coefficient (Wildman–Crippen LogP) is 1.85. The smallest absolute Gasteiger partial charge is 0.0406 e. The van der Waals surface area contributed by atoms with Crippen molar-refractivity contribution in [3.8, 4) is 0 Å². The van der Waals surface area contributed by atoms with Crippen LogP contribution in [0.25, 0.3) is 0 Å². The zero-order valence-electron chi connectivity index (χ0n) is 11.9. The molecule has 1 heterocycles. The standard InChI is InChI=1S/C15H24ClN3/c1-15(12-17,19-9-7-18(2)8-10-19)11-13-3-5-14(16)6-4-13/h3-6H,7-12,17H2,1-2H3. The van der Waals surface area contributed by atoms with Crippen LogP contribution in [-0.4, -0.2) is 55.1 Å². The quantitative estimate of drug-likeness (QED) is 0.914. The van der Waals surface area contributed by atoms with E-state index >= 15 is 0 Å². The first-order valence-electron chi connectivity index (χ1n) is 6.91. The zero-order chi connectivity index (χ0) is 13.9. The molecule has 1 atom stereocenters. The van der Waals surface area contributed by atoms with E-state index in [1.165, 1.54) is 5.56 Å². The number of halogens is 1. The normalized spacial score (nSPS) is 21.3. The maximum absolute atomic E-state index is 6.07. The second-order valence-corrected chi connectivity index (χ2v) is 6.23. The minimum Gasteiger partial charge on any atom is -0.329 e. The highest BCUT2D eigenvalue weighted by atomic mass is 35.5. The molecule has 0 amide bonds. The molecule has 3 nitrogen and oxygen atoms in total. The third kappa shape index (κ3) is 3.69. The molecule has 1 aromatic rings. The average molecular weight is 282 g/mol. The van der Waals surface area contributed by atoms with E-state index in [1.54, 1.807) is 0 Å². The van der Waals surface area contributed by atoms with Crippen LogP contribution < -0.4 is 5.73 Å². The summed E-state index contributed by atoms with van der Waals surface area (Å²) in [6.07, 6.45) is 0.977. The lowest BCUT2D eigenvalue weighted by molar-refractivity contribution is 0.0560. The van der Waals surface area contributed by atoms with Gasteiger partial charge in [-0.2, -0.15) is 0 Å².